The molecule has 0 spiro atoms. The number of carbonyl (C=O) groups excluding carboxylic acids is 1. The summed E-state index contributed by atoms with van der Waals surface area (Å²) in [5.74, 6) is -0.819. The van der Waals surface area contributed by atoms with Gasteiger partial charge in [-0.25, -0.2) is 0 Å². The Bertz CT molecular complexity index is 848. The Morgan fingerprint density at radius 1 is 1.25 bits per heavy atom. The zero-order chi connectivity index (χ0) is 16.3. The van der Waals surface area contributed by atoms with Gasteiger partial charge in [0.1, 0.15) is 17.9 Å². The summed E-state index contributed by atoms with van der Waals surface area (Å²) in [5, 5.41) is 15.4. The van der Waals surface area contributed by atoms with Gasteiger partial charge in [0, 0.05) is 30.4 Å². The largest absolute Gasteiger partial charge is 1.00 e. The van der Waals surface area contributed by atoms with Crippen molar-refractivity contribution in [2.24, 2.45) is 0 Å². The standard InChI is InChI=1S/C16H10Cl2INO3.Na/c17-6-3-9(18)13-10(4-6)20-14(16(21)22)15-12(13)8-5-7(19)1-2-11(8)23-15;/h1-5,12,14-15,20H,(H,21,22);/q;+1/p-1. The molecule has 24 heavy (non-hydrogen) atoms. The molecule has 3 atom stereocenters. The fraction of sp³-hybridized carbons (Fsp3) is 0.188. The van der Waals surface area contributed by atoms with E-state index in [2.05, 4.69) is 27.9 Å². The molecular weight excluding hydrogens is 475 g/mol. The predicted octanol–water partition coefficient (Wildman–Crippen LogP) is 0.0389. The number of hydrogen-bond acceptors (Lipinski definition) is 4. The molecule has 2 aliphatic heterocycles. The Kier molecular flexibility index (Phi) is 5.31. The van der Waals surface area contributed by atoms with E-state index in [0.29, 0.717) is 21.5 Å². The number of nitrogens with one attached hydrogen (secondary N) is 1. The smallest absolute Gasteiger partial charge is 0.548 e. The Hall–Kier alpha value is -0.180. The maximum Gasteiger partial charge on any atom is 1.00 e. The molecular formula is C16H9Cl2INNaO3. The van der Waals surface area contributed by atoms with Crippen molar-refractivity contribution in [3.8, 4) is 5.75 Å². The van der Waals surface area contributed by atoms with E-state index in [9.17, 15) is 9.90 Å². The van der Waals surface area contributed by atoms with E-state index in [0.717, 1.165) is 14.7 Å². The van der Waals surface area contributed by atoms with Crippen molar-refractivity contribution in [2.75, 3.05) is 5.32 Å². The Morgan fingerprint density at radius 2 is 2.00 bits per heavy atom. The number of rotatable bonds is 1. The SMILES string of the molecule is O=C([O-])C1Nc2cc(Cl)cc(Cl)c2C2c3cc(I)ccc3OC12.[Na+]. The summed E-state index contributed by atoms with van der Waals surface area (Å²) in [6.07, 6.45) is -0.612. The van der Waals surface area contributed by atoms with Crippen LogP contribution in [0.4, 0.5) is 5.69 Å². The van der Waals surface area contributed by atoms with Gasteiger partial charge in [-0.2, -0.15) is 0 Å². The van der Waals surface area contributed by atoms with Crippen molar-refractivity contribution < 1.29 is 44.2 Å². The second kappa shape index (κ2) is 6.85. The van der Waals surface area contributed by atoms with Crippen LogP contribution < -0.4 is 44.7 Å². The van der Waals surface area contributed by atoms with Gasteiger partial charge in [0.25, 0.3) is 0 Å². The maximum atomic E-state index is 11.6. The van der Waals surface area contributed by atoms with Gasteiger partial charge in [-0.05, 0) is 52.9 Å². The molecule has 0 amide bonds. The van der Waals surface area contributed by atoms with Gasteiger partial charge >= 0.3 is 29.6 Å². The van der Waals surface area contributed by atoms with Crippen LogP contribution >= 0.6 is 45.8 Å². The van der Waals surface area contributed by atoms with Crippen molar-refractivity contribution in [3.05, 3.63) is 55.1 Å². The molecule has 2 aliphatic rings. The summed E-state index contributed by atoms with van der Waals surface area (Å²) < 4.78 is 6.95. The van der Waals surface area contributed by atoms with Crippen molar-refractivity contribution in [2.45, 2.75) is 18.1 Å². The summed E-state index contributed by atoms with van der Waals surface area (Å²) in [5.41, 5.74) is 2.34. The molecule has 0 fully saturated rings. The number of carboxylic acids is 1. The second-order valence-electron chi connectivity index (χ2n) is 5.53. The molecule has 4 rings (SSSR count). The van der Waals surface area contributed by atoms with Gasteiger partial charge in [0.15, 0.2) is 0 Å². The normalized spacial score (nSPS) is 23.0. The second-order valence-corrected chi connectivity index (χ2v) is 7.62. The number of ether oxygens (including phenoxy) is 1. The first kappa shape index (κ1) is 18.6. The summed E-state index contributed by atoms with van der Waals surface area (Å²) in [6, 6.07) is 8.13. The van der Waals surface area contributed by atoms with Crippen LogP contribution in [0.5, 0.6) is 5.75 Å². The topological polar surface area (TPSA) is 61.4 Å². The molecule has 0 aliphatic carbocycles. The quantitative estimate of drug-likeness (QED) is 0.459. The van der Waals surface area contributed by atoms with E-state index >= 15 is 0 Å². The molecule has 8 heteroatoms. The van der Waals surface area contributed by atoms with Crippen LogP contribution in [-0.4, -0.2) is 18.1 Å². The number of hydrogen-bond donors (Lipinski definition) is 1. The summed E-state index contributed by atoms with van der Waals surface area (Å²) in [6.45, 7) is 0. The molecule has 0 aromatic heterocycles. The minimum Gasteiger partial charge on any atom is -0.548 e. The number of halogens is 3. The van der Waals surface area contributed by atoms with E-state index in [1.165, 1.54) is 0 Å². The van der Waals surface area contributed by atoms with Crippen LogP contribution in [0.2, 0.25) is 10.0 Å². The van der Waals surface area contributed by atoms with Crippen molar-refractivity contribution >= 4 is 57.4 Å². The fourth-order valence-corrected chi connectivity index (χ4v) is 4.43. The van der Waals surface area contributed by atoms with Gasteiger partial charge in [-0.3, -0.25) is 0 Å². The van der Waals surface area contributed by atoms with Gasteiger partial charge in [-0.15, -0.1) is 0 Å². The molecule has 4 nitrogen and oxygen atoms in total. The van der Waals surface area contributed by atoms with E-state index in [1.807, 2.05) is 18.2 Å². The minimum absolute atomic E-state index is 0. The molecule has 2 aromatic carbocycles. The first-order valence-electron chi connectivity index (χ1n) is 6.88. The van der Waals surface area contributed by atoms with E-state index in [4.69, 9.17) is 27.9 Å². The number of carboxylic acid groups (broad SMARTS) is 1. The molecule has 2 aromatic rings. The third-order valence-corrected chi connectivity index (χ3v) is 5.40. The van der Waals surface area contributed by atoms with Crippen LogP contribution in [0.1, 0.15) is 17.0 Å². The van der Waals surface area contributed by atoms with Crippen molar-refractivity contribution in [1.82, 2.24) is 0 Å². The van der Waals surface area contributed by atoms with Gasteiger partial charge < -0.3 is 20.0 Å². The van der Waals surface area contributed by atoms with E-state index in [-0.39, 0.29) is 35.5 Å². The van der Waals surface area contributed by atoms with E-state index < -0.39 is 18.1 Å². The summed E-state index contributed by atoms with van der Waals surface area (Å²) >= 11 is 14.7. The Morgan fingerprint density at radius 3 is 2.71 bits per heavy atom. The zero-order valence-corrected chi connectivity index (χ0v) is 18.1. The number of benzene rings is 2. The summed E-state index contributed by atoms with van der Waals surface area (Å²) in [4.78, 5) is 11.6. The molecule has 2 heterocycles. The van der Waals surface area contributed by atoms with Crippen molar-refractivity contribution in [3.63, 3.8) is 0 Å². The van der Waals surface area contributed by atoms with Crippen LogP contribution in [-0.2, 0) is 4.79 Å². The summed E-state index contributed by atoms with van der Waals surface area (Å²) in [7, 11) is 0. The first-order chi connectivity index (χ1) is 11.0. The minimum atomic E-state index is -1.22. The van der Waals surface area contributed by atoms with Gasteiger partial charge in [-0.1, -0.05) is 23.2 Å². The number of fused-ring (bicyclic) bond motifs is 5. The third kappa shape index (κ3) is 2.93. The molecule has 1 N–H and O–H groups in total. The van der Waals surface area contributed by atoms with Crippen LogP contribution in [0, 0.1) is 3.57 Å². The zero-order valence-electron chi connectivity index (χ0n) is 12.5. The van der Waals surface area contributed by atoms with Gasteiger partial charge in [0.2, 0.25) is 0 Å². The molecule has 0 saturated carbocycles. The van der Waals surface area contributed by atoms with Gasteiger partial charge in [0.05, 0.1) is 11.9 Å². The molecule has 0 bridgehead atoms. The molecule has 3 unspecified atom stereocenters. The first-order valence-corrected chi connectivity index (χ1v) is 8.71. The average molecular weight is 484 g/mol. The molecule has 118 valence electrons. The maximum absolute atomic E-state index is 11.6. The average Bonchev–Trinajstić information content (AvgIpc) is 2.84. The fourth-order valence-electron chi connectivity index (χ4n) is 3.30. The predicted molar refractivity (Wildman–Crippen MR) is 94.3 cm³/mol. The van der Waals surface area contributed by atoms with E-state index in [1.54, 1.807) is 12.1 Å². The van der Waals surface area contributed by atoms with Crippen LogP contribution in [0.25, 0.3) is 0 Å². The van der Waals surface area contributed by atoms with Crippen LogP contribution in [0.3, 0.4) is 0 Å². The number of aliphatic carboxylic acids is 1. The molecule has 0 radical (unpaired) electrons. The Balaban J connectivity index is 0.00000169. The number of anilines is 1. The Labute approximate surface area is 184 Å². The third-order valence-electron chi connectivity index (χ3n) is 4.20. The monoisotopic (exact) mass is 483 g/mol. The van der Waals surface area contributed by atoms with Crippen LogP contribution in [0.15, 0.2) is 30.3 Å². The van der Waals surface area contributed by atoms with Crippen molar-refractivity contribution in [1.29, 1.82) is 0 Å². The number of carbonyl (C=O) groups is 1. The molecule has 0 saturated heterocycles.